The first-order valence-electron chi connectivity index (χ1n) is 5.19. The minimum atomic E-state index is 0.161. The van der Waals surface area contributed by atoms with Gasteiger partial charge in [-0.15, -0.1) is 0 Å². The van der Waals surface area contributed by atoms with E-state index in [1.807, 2.05) is 13.1 Å². The summed E-state index contributed by atoms with van der Waals surface area (Å²) in [6, 6.07) is 0. The molecule has 0 aromatic rings. The van der Waals surface area contributed by atoms with E-state index in [4.69, 9.17) is 4.74 Å². The summed E-state index contributed by atoms with van der Waals surface area (Å²) in [6.07, 6.45) is 2.59. The molecule has 0 saturated carbocycles. The van der Waals surface area contributed by atoms with E-state index in [1.165, 1.54) is 0 Å². The molecule has 1 atom stereocenters. The predicted molar refractivity (Wildman–Crippen MR) is 69.1 cm³/mol. The molecule has 0 radical (unpaired) electrons. The molecule has 5 heteroatoms. The number of nitrogens with zero attached hydrogens (tertiary/aromatic N) is 2. The Hall–Kier alpha value is -1.10. The third kappa shape index (κ3) is 2.52. The molecule has 0 amide bonds. The van der Waals surface area contributed by atoms with E-state index >= 15 is 0 Å². The zero-order valence-corrected chi connectivity index (χ0v) is 10.7. The highest BCUT2D eigenvalue weighted by Gasteiger charge is 2.19. The maximum Gasteiger partial charge on any atom is 0.125 e. The van der Waals surface area contributed by atoms with Gasteiger partial charge in [0.1, 0.15) is 18.2 Å². The molecule has 2 rings (SSSR count). The van der Waals surface area contributed by atoms with Crippen molar-refractivity contribution >= 4 is 28.0 Å². The molecular weight excluding hydrogens is 270 g/mol. The van der Waals surface area contributed by atoms with E-state index in [-0.39, 0.29) is 4.83 Å². The lowest BCUT2D eigenvalue weighted by Gasteiger charge is -2.23. The summed E-state index contributed by atoms with van der Waals surface area (Å²) in [5.74, 6) is 1.61. The number of aliphatic imine (C=N–C) groups is 2. The topological polar surface area (TPSA) is 46.0 Å². The van der Waals surface area contributed by atoms with Crippen molar-refractivity contribution in [1.29, 1.82) is 0 Å². The number of allylic oxidation sites excluding steroid dienone is 1. The van der Waals surface area contributed by atoms with Gasteiger partial charge in [0, 0.05) is 19.2 Å². The number of nitrogens with one attached hydrogen (secondary N) is 1. The lowest BCUT2D eigenvalue weighted by Crippen LogP contribution is -2.28. The van der Waals surface area contributed by atoms with E-state index in [2.05, 4.69) is 37.8 Å². The third-order valence-electron chi connectivity index (χ3n) is 2.35. The fourth-order valence-electron chi connectivity index (χ4n) is 1.64. The molecule has 86 valence electrons. The van der Waals surface area contributed by atoms with Crippen LogP contribution in [0, 0.1) is 0 Å². The van der Waals surface area contributed by atoms with Crippen molar-refractivity contribution in [3.63, 3.8) is 0 Å². The number of hydrogen-bond acceptors (Lipinski definition) is 4. The second kappa shape index (κ2) is 4.82. The van der Waals surface area contributed by atoms with Crippen molar-refractivity contribution in [1.82, 2.24) is 5.32 Å². The predicted octanol–water partition coefficient (Wildman–Crippen LogP) is 1.99. The van der Waals surface area contributed by atoms with Crippen LogP contribution in [0.4, 0.5) is 0 Å². The normalized spacial score (nSPS) is 31.0. The number of rotatable bonds is 0. The molecule has 0 aromatic heterocycles. The van der Waals surface area contributed by atoms with Gasteiger partial charge in [-0.05, 0) is 6.92 Å². The molecule has 2 aliphatic heterocycles. The Morgan fingerprint density at radius 3 is 3.25 bits per heavy atom. The largest absolute Gasteiger partial charge is 0.494 e. The Labute approximate surface area is 103 Å². The average molecular weight is 284 g/mol. The minimum absolute atomic E-state index is 0.161. The van der Waals surface area contributed by atoms with E-state index in [9.17, 15) is 0 Å². The number of ether oxygens (including phenoxy) is 1. The number of amidine groups is 1. The van der Waals surface area contributed by atoms with Gasteiger partial charge in [0.05, 0.1) is 16.2 Å². The molecule has 2 heterocycles. The monoisotopic (exact) mass is 283 g/mol. The van der Waals surface area contributed by atoms with Gasteiger partial charge in [0.25, 0.3) is 0 Å². The van der Waals surface area contributed by atoms with Crippen LogP contribution in [0.2, 0.25) is 0 Å². The van der Waals surface area contributed by atoms with Gasteiger partial charge in [0.2, 0.25) is 0 Å². The van der Waals surface area contributed by atoms with Gasteiger partial charge in [-0.3, -0.25) is 0 Å². The highest BCUT2D eigenvalue weighted by molar-refractivity contribution is 9.10. The van der Waals surface area contributed by atoms with Gasteiger partial charge in [-0.25, -0.2) is 9.98 Å². The van der Waals surface area contributed by atoms with Crippen LogP contribution in [-0.4, -0.2) is 30.0 Å². The van der Waals surface area contributed by atoms with Crippen molar-refractivity contribution in [3.8, 4) is 0 Å². The number of halogens is 1. The Morgan fingerprint density at radius 2 is 2.44 bits per heavy atom. The smallest absolute Gasteiger partial charge is 0.125 e. The van der Waals surface area contributed by atoms with Gasteiger partial charge in [0.15, 0.2) is 0 Å². The van der Waals surface area contributed by atoms with E-state index in [0.717, 1.165) is 24.4 Å². The second-order valence-corrected chi connectivity index (χ2v) is 4.85. The maximum atomic E-state index is 5.64. The average Bonchev–Trinajstić information content (AvgIpc) is 2.30. The second-order valence-electron chi connectivity index (χ2n) is 3.68. The van der Waals surface area contributed by atoms with Crippen LogP contribution in [-0.2, 0) is 4.74 Å². The van der Waals surface area contributed by atoms with Crippen molar-refractivity contribution < 1.29 is 4.74 Å². The summed E-state index contributed by atoms with van der Waals surface area (Å²) < 4.78 is 5.64. The highest BCUT2D eigenvalue weighted by Crippen LogP contribution is 2.23. The van der Waals surface area contributed by atoms with Crippen LogP contribution in [0.3, 0.4) is 0 Å². The summed E-state index contributed by atoms with van der Waals surface area (Å²) in [4.78, 5) is 8.72. The first-order chi connectivity index (χ1) is 7.66. The molecule has 0 aromatic carbocycles. The van der Waals surface area contributed by atoms with Crippen molar-refractivity contribution in [2.24, 2.45) is 9.98 Å². The first-order valence-corrected chi connectivity index (χ1v) is 6.11. The zero-order valence-electron chi connectivity index (χ0n) is 9.16. The van der Waals surface area contributed by atoms with Crippen molar-refractivity contribution in [2.75, 3.05) is 13.2 Å². The quantitative estimate of drug-likeness (QED) is 0.691. The molecule has 0 saturated heterocycles. The highest BCUT2D eigenvalue weighted by atomic mass is 79.9. The zero-order chi connectivity index (χ0) is 11.5. The van der Waals surface area contributed by atoms with E-state index in [0.29, 0.717) is 18.1 Å². The molecule has 2 aliphatic rings. The standard InChI is InChI=1S/C11H14BrN3O/c1-7-11-10(16-4-3-13-11)5-9(12)6-14-8(2)15-7/h6,9,13H,1,3-5H2,2H3/b14-6-,15-8-/t9-/m0/s1. The molecule has 0 bridgehead atoms. The Balaban J connectivity index is 2.38. The fourth-order valence-corrected chi connectivity index (χ4v) is 2.06. The lowest BCUT2D eigenvalue weighted by atomic mass is 10.2. The molecule has 1 N–H and O–H groups in total. The molecule has 0 fully saturated rings. The molecule has 0 spiro atoms. The fraction of sp³-hybridized carbons (Fsp3) is 0.455. The molecule has 16 heavy (non-hydrogen) atoms. The van der Waals surface area contributed by atoms with E-state index < -0.39 is 0 Å². The lowest BCUT2D eigenvalue weighted by molar-refractivity contribution is 0.184. The van der Waals surface area contributed by atoms with Crippen molar-refractivity contribution in [3.05, 3.63) is 23.7 Å². The SMILES string of the molecule is C=C1/N=C(C)\N=C/[C@@H](Br)CC2=C1NCCO2. The molecular formula is C11H14BrN3O. The summed E-state index contributed by atoms with van der Waals surface area (Å²) >= 11 is 3.54. The van der Waals surface area contributed by atoms with Crippen LogP contribution < -0.4 is 5.32 Å². The summed E-state index contributed by atoms with van der Waals surface area (Å²) in [6.45, 7) is 7.28. The Bertz CT molecular complexity index is 398. The maximum absolute atomic E-state index is 5.64. The third-order valence-corrected chi connectivity index (χ3v) is 2.91. The summed E-state index contributed by atoms with van der Waals surface area (Å²) in [5, 5.41) is 3.28. The van der Waals surface area contributed by atoms with Gasteiger partial charge in [-0.2, -0.15) is 0 Å². The number of alkyl halides is 1. The Morgan fingerprint density at radius 1 is 1.62 bits per heavy atom. The van der Waals surface area contributed by atoms with Gasteiger partial charge in [-0.1, -0.05) is 22.5 Å². The van der Waals surface area contributed by atoms with Gasteiger partial charge >= 0.3 is 0 Å². The molecule has 0 aliphatic carbocycles. The van der Waals surface area contributed by atoms with Crippen molar-refractivity contribution in [2.45, 2.75) is 18.2 Å². The molecule has 0 unspecified atom stereocenters. The Kier molecular flexibility index (Phi) is 3.43. The van der Waals surface area contributed by atoms with Crippen LogP contribution in [0.15, 0.2) is 33.7 Å². The summed E-state index contributed by atoms with van der Waals surface area (Å²) in [7, 11) is 0. The minimum Gasteiger partial charge on any atom is -0.494 e. The molecule has 4 nitrogen and oxygen atoms in total. The van der Waals surface area contributed by atoms with Crippen LogP contribution >= 0.6 is 15.9 Å². The van der Waals surface area contributed by atoms with Crippen LogP contribution in [0.25, 0.3) is 0 Å². The van der Waals surface area contributed by atoms with Crippen LogP contribution in [0.5, 0.6) is 0 Å². The van der Waals surface area contributed by atoms with Gasteiger partial charge < -0.3 is 10.1 Å². The number of hydrogen-bond donors (Lipinski definition) is 1. The first kappa shape index (κ1) is 11.4. The van der Waals surface area contributed by atoms with E-state index in [1.54, 1.807) is 0 Å². The van der Waals surface area contributed by atoms with Crippen LogP contribution in [0.1, 0.15) is 13.3 Å². The summed E-state index contributed by atoms with van der Waals surface area (Å²) in [5.41, 5.74) is 1.59.